The number of rotatable bonds is 5. The summed E-state index contributed by atoms with van der Waals surface area (Å²) in [6, 6.07) is 22.8. The number of benzene rings is 3. The SMILES string of the molecule is COc1cc(CN(C(=O)Nc2ccccc2)c2ccccc2)cc2c1OC(C)(C)C=C2. The Morgan fingerprint density at radius 3 is 2.39 bits per heavy atom. The van der Waals surface area contributed by atoms with Gasteiger partial charge in [-0.2, -0.15) is 0 Å². The highest BCUT2D eigenvalue weighted by Crippen LogP contribution is 2.40. The summed E-state index contributed by atoms with van der Waals surface area (Å²) in [5.74, 6) is 1.38. The molecule has 0 radical (unpaired) electrons. The molecule has 5 heteroatoms. The minimum atomic E-state index is -0.395. The highest BCUT2D eigenvalue weighted by Gasteiger charge is 2.26. The third-order valence-corrected chi connectivity index (χ3v) is 5.07. The fraction of sp³-hybridized carbons (Fsp3) is 0.192. The van der Waals surface area contributed by atoms with Crippen molar-refractivity contribution in [3.63, 3.8) is 0 Å². The molecule has 31 heavy (non-hydrogen) atoms. The maximum atomic E-state index is 13.2. The molecule has 4 rings (SSSR count). The molecule has 1 aliphatic heterocycles. The van der Waals surface area contributed by atoms with E-state index in [1.54, 1.807) is 12.0 Å². The van der Waals surface area contributed by atoms with Gasteiger partial charge >= 0.3 is 6.03 Å². The van der Waals surface area contributed by atoms with Crippen molar-refractivity contribution in [2.24, 2.45) is 0 Å². The summed E-state index contributed by atoms with van der Waals surface area (Å²) in [5.41, 5.74) is 3.03. The third kappa shape index (κ3) is 4.72. The molecule has 0 spiro atoms. The molecule has 2 amide bonds. The van der Waals surface area contributed by atoms with Gasteiger partial charge in [0.25, 0.3) is 0 Å². The summed E-state index contributed by atoms with van der Waals surface area (Å²) in [5, 5.41) is 2.98. The molecule has 158 valence electrons. The van der Waals surface area contributed by atoms with Gasteiger partial charge in [-0.15, -0.1) is 0 Å². The van der Waals surface area contributed by atoms with Crippen LogP contribution < -0.4 is 19.7 Å². The molecule has 1 N–H and O–H groups in total. The van der Waals surface area contributed by atoms with Crippen molar-refractivity contribution in [3.8, 4) is 11.5 Å². The van der Waals surface area contributed by atoms with Crippen LogP contribution in [0.3, 0.4) is 0 Å². The van der Waals surface area contributed by atoms with E-state index in [4.69, 9.17) is 9.47 Å². The molecule has 5 nitrogen and oxygen atoms in total. The number of nitrogens with one attached hydrogen (secondary N) is 1. The van der Waals surface area contributed by atoms with Crippen molar-refractivity contribution in [2.45, 2.75) is 26.0 Å². The predicted molar refractivity (Wildman–Crippen MR) is 125 cm³/mol. The molecular formula is C26H26N2O3. The zero-order valence-corrected chi connectivity index (χ0v) is 18.0. The number of nitrogens with zero attached hydrogens (tertiary/aromatic N) is 1. The van der Waals surface area contributed by atoms with Crippen LogP contribution >= 0.6 is 0 Å². The molecule has 3 aromatic carbocycles. The number of hydrogen-bond donors (Lipinski definition) is 1. The monoisotopic (exact) mass is 414 g/mol. The zero-order valence-electron chi connectivity index (χ0n) is 18.0. The second-order valence-electron chi connectivity index (χ2n) is 7.97. The van der Waals surface area contributed by atoms with Crippen LogP contribution in [0, 0.1) is 0 Å². The largest absolute Gasteiger partial charge is 0.493 e. The van der Waals surface area contributed by atoms with E-state index in [0.29, 0.717) is 12.3 Å². The Morgan fingerprint density at radius 1 is 1.03 bits per heavy atom. The first-order valence-electron chi connectivity index (χ1n) is 10.2. The molecule has 0 saturated heterocycles. The van der Waals surface area contributed by atoms with E-state index < -0.39 is 5.60 Å². The number of ether oxygens (including phenoxy) is 2. The molecule has 0 bridgehead atoms. The Morgan fingerprint density at radius 2 is 1.71 bits per heavy atom. The lowest BCUT2D eigenvalue weighted by Gasteiger charge is -2.30. The highest BCUT2D eigenvalue weighted by molar-refractivity contribution is 6.01. The predicted octanol–water partition coefficient (Wildman–Crippen LogP) is 6.12. The molecule has 0 unspecified atom stereocenters. The van der Waals surface area contributed by atoms with Gasteiger partial charge in [0.2, 0.25) is 0 Å². The van der Waals surface area contributed by atoms with Crippen LogP contribution in [-0.2, 0) is 6.54 Å². The summed E-state index contributed by atoms with van der Waals surface area (Å²) in [4.78, 5) is 14.9. The summed E-state index contributed by atoms with van der Waals surface area (Å²) in [6.45, 7) is 4.39. The highest BCUT2D eigenvalue weighted by atomic mass is 16.5. The van der Waals surface area contributed by atoms with E-state index >= 15 is 0 Å². The maximum absolute atomic E-state index is 13.2. The summed E-state index contributed by atoms with van der Waals surface area (Å²) < 4.78 is 11.7. The Hall–Kier alpha value is -3.73. The normalized spacial score (nSPS) is 13.6. The molecule has 0 saturated carbocycles. The molecule has 0 fully saturated rings. The fourth-order valence-corrected chi connectivity index (χ4v) is 3.53. The van der Waals surface area contributed by atoms with Crippen molar-refractivity contribution < 1.29 is 14.3 Å². The summed E-state index contributed by atoms with van der Waals surface area (Å²) >= 11 is 0. The van der Waals surface area contributed by atoms with Gasteiger partial charge in [-0.3, -0.25) is 4.90 Å². The standard InChI is InChI=1S/C26H26N2O3/c1-26(2)15-14-20-16-19(17-23(30-3)24(20)31-26)18-28(22-12-8-5-9-13-22)25(29)27-21-10-6-4-7-11-21/h4-17H,18H2,1-3H3,(H,27,29). The number of fused-ring (bicyclic) bond motifs is 1. The van der Waals surface area contributed by atoms with Crippen LogP contribution in [0.5, 0.6) is 11.5 Å². The number of anilines is 2. The van der Waals surface area contributed by atoms with Crippen molar-refractivity contribution in [1.82, 2.24) is 0 Å². The minimum absolute atomic E-state index is 0.206. The smallest absolute Gasteiger partial charge is 0.326 e. The summed E-state index contributed by atoms with van der Waals surface area (Å²) in [6.07, 6.45) is 4.07. The Bertz CT molecular complexity index is 1090. The molecule has 0 aliphatic carbocycles. The van der Waals surface area contributed by atoms with Crippen molar-refractivity contribution in [1.29, 1.82) is 0 Å². The van der Waals surface area contributed by atoms with Crippen molar-refractivity contribution in [3.05, 3.63) is 90.0 Å². The number of para-hydroxylation sites is 2. The molecule has 3 aromatic rings. The van der Waals surface area contributed by atoms with Crippen LogP contribution in [0.1, 0.15) is 25.0 Å². The van der Waals surface area contributed by atoms with Crippen LogP contribution in [0.2, 0.25) is 0 Å². The average molecular weight is 415 g/mol. The molecule has 1 heterocycles. The summed E-state index contributed by atoms with van der Waals surface area (Å²) in [7, 11) is 1.63. The van der Waals surface area contributed by atoms with E-state index in [2.05, 4.69) is 5.32 Å². The van der Waals surface area contributed by atoms with Gasteiger partial charge < -0.3 is 14.8 Å². The van der Waals surface area contributed by atoms with Crippen LogP contribution in [0.4, 0.5) is 16.2 Å². The van der Waals surface area contributed by atoms with E-state index in [1.165, 1.54) is 0 Å². The van der Waals surface area contributed by atoms with Gasteiger partial charge in [0, 0.05) is 16.9 Å². The lowest BCUT2D eigenvalue weighted by molar-refractivity contribution is 0.152. The van der Waals surface area contributed by atoms with Crippen LogP contribution in [0.25, 0.3) is 6.08 Å². The number of carbonyl (C=O) groups excluding carboxylic acids is 1. The molecule has 1 aliphatic rings. The Labute approximate surface area is 182 Å². The van der Waals surface area contributed by atoms with Gasteiger partial charge in [0.1, 0.15) is 5.60 Å². The van der Waals surface area contributed by atoms with Gasteiger partial charge in [0.05, 0.1) is 13.7 Å². The average Bonchev–Trinajstić information content (AvgIpc) is 2.78. The minimum Gasteiger partial charge on any atom is -0.493 e. The van der Waals surface area contributed by atoms with Crippen LogP contribution in [0.15, 0.2) is 78.9 Å². The van der Waals surface area contributed by atoms with Gasteiger partial charge in [-0.05, 0) is 61.9 Å². The first-order valence-corrected chi connectivity index (χ1v) is 10.2. The van der Waals surface area contributed by atoms with Crippen LogP contribution in [-0.4, -0.2) is 18.7 Å². The topological polar surface area (TPSA) is 50.8 Å². The number of urea groups is 1. The van der Waals surface area contributed by atoms with Gasteiger partial charge in [-0.1, -0.05) is 42.5 Å². The molecule has 0 aromatic heterocycles. The van der Waals surface area contributed by atoms with Crippen molar-refractivity contribution >= 4 is 23.5 Å². The quantitative estimate of drug-likeness (QED) is 0.547. The molecular weight excluding hydrogens is 388 g/mol. The maximum Gasteiger partial charge on any atom is 0.326 e. The third-order valence-electron chi connectivity index (χ3n) is 5.07. The lowest BCUT2D eigenvalue weighted by atomic mass is 10.00. The number of amides is 2. The van der Waals surface area contributed by atoms with Crippen molar-refractivity contribution in [2.75, 3.05) is 17.3 Å². The van der Waals surface area contributed by atoms with E-state index in [9.17, 15) is 4.79 Å². The Kier molecular flexibility index (Phi) is 5.67. The lowest BCUT2D eigenvalue weighted by Crippen LogP contribution is -2.34. The number of methoxy groups -OCH3 is 1. The Balaban J connectivity index is 1.67. The first-order chi connectivity index (χ1) is 14.9. The van der Waals surface area contributed by atoms with E-state index in [1.807, 2.05) is 98.8 Å². The first kappa shape index (κ1) is 20.5. The fourth-order valence-electron chi connectivity index (χ4n) is 3.53. The number of carbonyl (C=O) groups is 1. The van der Waals surface area contributed by atoms with Gasteiger partial charge in [-0.25, -0.2) is 4.79 Å². The van der Waals surface area contributed by atoms with E-state index in [-0.39, 0.29) is 6.03 Å². The second-order valence-corrected chi connectivity index (χ2v) is 7.97. The van der Waals surface area contributed by atoms with Gasteiger partial charge in [0.15, 0.2) is 11.5 Å². The van der Waals surface area contributed by atoms with E-state index in [0.717, 1.165) is 28.3 Å². The second kappa shape index (κ2) is 8.56. The zero-order chi connectivity index (χ0) is 21.8. The number of hydrogen-bond acceptors (Lipinski definition) is 3. The molecule has 0 atom stereocenters.